The minimum Gasteiger partial charge on any atom is -0.497 e. The van der Waals surface area contributed by atoms with Crippen molar-refractivity contribution in [2.24, 2.45) is 0 Å². The number of nitrogen functional groups attached to an aromatic ring is 1. The smallest absolute Gasteiger partial charge is 0.209 e. The Balaban J connectivity index is 1.45. The van der Waals surface area contributed by atoms with Crippen molar-refractivity contribution in [2.75, 3.05) is 25.3 Å². The Bertz CT molecular complexity index is 596. The Morgan fingerprint density at radius 3 is 2.62 bits per heavy atom. The number of hydrogen-bond donors (Lipinski definition) is 1. The molecule has 0 amide bonds. The molecule has 1 saturated carbocycles. The Morgan fingerprint density at radius 1 is 1.24 bits per heavy atom. The average Bonchev–Trinajstić information content (AvgIpc) is 3.29. The summed E-state index contributed by atoms with van der Waals surface area (Å²) in [5.74, 6) is 9.80. The van der Waals surface area contributed by atoms with Crippen LogP contribution in [-0.2, 0) is 0 Å². The molecule has 7 heteroatoms. The predicted molar refractivity (Wildman–Crippen MR) is 81.4 cm³/mol. The maximum atomic E-state index is 5.99. The first kappa shape index (κ1) is 14.1. The molecule has 1 fully saturated rings. The topological polar surface area (TPSA) is 75.2 Å². The molecule has 2 aromatic rings. The van der Waals surface area contributed by atoms with Crippen LogP contribution < -0.4 is 15.3 Å². The molecule has 0 spiro atoms. The van der Waals surface area contributed by atoms with E-state index in [2.05, 4.69) is 10.2 Å². The monoisotopic (exact) mass is 306 g/mol. The number of nitrogens with zero attached hydrogens (tertiary/aromatic N) is 3. The molecule has 0 saturated heterocycles. The summed E-state index contributed by atoms with van der Waals surface area (Å²) in [6, 6.07) is 7.53. The van der Waals surface area contributed by atoms with Crippen LogP contribution in [0.2, 0.25) is 0 Å². The van der Waals surface area contributed by atoms with Crippen LogP contribution in [0.5, 0.6) is 11.5 Å². The lowest BCUT2D eigenvalue weighted by molar-refractivity contribution is 0.342. The first-order valence-electron chi connectivity index (χ1n) is 6.88. The maximum Gasteiger partial charge on any atom is 0.209 e. The van der Waals surface area contributed by atoms with Gasteiger partial charge in [-0.3, -0.25) is 0 Å². The van der Waals surface area contributed by atoms with Crippen molar-refractivity contribution in [2.45, 2.75) is 23.9 Å². The molecule has 1 aliphatic rings. The summed E-state index contributed by atoms with van der Waals surface area (Å²) in [6.45, 7) is 0.586. The van der Waals surface area contributed by atoms with E-state index in [4.69, 9.17) is 15.3 Å². The van der Waals surface area contributed by atoms with Gasteiger partial charge in [0.15, 0.2) is 5.82 Å². The normalized spacial score (nSPS) is 14.1. The molecule has 0 bridgehead atoms. The lowest BCUT2D eigenvalue weighted by atomic mass is 10.3. The van der Waals surface area contributed by atoms with Crippen molar-refractivity contribution >= 4 is 11.8 Å². The third-order valence-corrected chi connectivity index (χ3v) is 4.18. The van der Waals surface area contributed by atoms with Crippen LogP contribution in [0, 0.1) is 0 Å². The third-order valence-electron chi connectivity index (χ3n) is 3.28. The fourth-order valence-corrected chi connectivity index (χ4v) is 2.65. The van der Waals surface area contributed by atoms with Gasteiger partial charge in [-0.05, 0) is 37.1 Å². The number of rotatable bonds is 7. The van der Waals surface area contributed by atoms with Crippen LogP contribution >= 0.6 is 11.8 Å². The fraction of sp³-hybridized carbons (Fsp3) is 0.429. The van der Waals surface area contributed by atoms with Crippen molar-refractivity contribution in [1.29, 1.82) is 0 Å². The van der Waals surface area contributed by atoms with E-state index in [1.54, 1.807) is 23.5 Å². The summed E-state index contributed by atoms with van der Waals surface area (Å²) in [4.78, 5) is 0. The molecular weight excluding hydrogens is 288 g/mol. The highest BCUT2D eigenvalue weighted by atomic mass is 32.2. The Labute approximate surface area is 127 Å². The summed E-state index contributed by atoms with van der Waals surface area (Å²) in [5, 5.41) is 9.01. The van der Waals surface area contributed by atoms with Gasteiger partial charge in [-0.1, -0.05) is 11.8 Å². The molecular formula is C14H18N4O2S. The predicted octanol–water partition coefficient (Wildman–Crippen LogP) is 2.05. The van der Waals surface area contributed by atoms with E-state index in [0.29, 0.717) is 12.5 Å². The zero-order valence-electron chi connectivity index (χ0n) is 11.9. The second kappa shape index (κ2) is 6.26. The lowest BCUT2D eigenvalue weighted by Gasteiger charge is -2.07. The van der Waals surface area contributed by atoms with Gasteiger partial charge in [0.05, 0.1) is 13.7 Å². The van der Waals surface area contributed by atoms with Gasteiger partial charge in [-0.2, -0.15) is 0 Å². The Kier molecular flexibility index (Phi) is 4.19. The molecule has 3 rings (SSSR count). The Morgan fingerprint density at radius 2 is 1.95 bits per heavy atom. The molecule has 0 atom stereocenters. The molecule has 1 aromatic carbocycles. The van der Waals surface area contributed by atoms with Gasteiger partial charge >= 0.3 is 0 Å². The van der Waals surface area contributed by atoms with Gasteiger partial charge in [0.2, 0.25) is 5.16 Å². The van der Waals surface area contributed by atoms with Crippen molar-refractivity contribution < 1.29 is 9.47 Å². The summed E-state index contributed by atoms with van der Waals surface area (Å²) < 4.78 is 12.4. The van der Waals surface area contributed by atoms with Gasteiger partial charge in [0, 0.05) is 11.7 Å². The van der Waals surface area contributed by atoms with Crippen LogP contribution in [0.1, 0.15) is 24.6 Å². The van der Waals surface area contributed by atoms with Gasteiger partial charge in [0.1, 0.15) is 11.5 Å². The molecule has 0 radical (unpaired) electrons. The first-order chi connectivity index (χ1) is 10.3. The highest BCUT2D eigenvalue weighted by molar-refractivity contribution is 7.99. The molecule has 0 aliphatic heterocycles. The van der Waals surface area contributed by atoms with Crippen molar-refractivity contribution in [3.05, 3.63) is 30.1 Å². The van der Waals surface area contributed by atoms with Gasteiger partial charge < -0.3 is 15.3 Å². The Hall–Kier alpha value is -1.89. The van der Waals surface area contributed by atoms with Crippen molar-refractivity contribution in [3.63, 3.8) is 0 Å². The molecule has 112 valence electrons. The zero-order chi connectivity index (χ0) is 14.7. The van der Waals surface area contributed by atoms with E-state index < -0.39 is 0 Å². The summed E-state index contributed by atoms with van der Waals surface area (Å²) in [5.41, 5.74) is 0. The standard InChI is InChI=1S/C14H18N4O2S/c1-19-11-4-6-12(7-5-11)20-8-9-21-14-17-16-13(18(14)15)10-2-3-10/h4-7,10H,2-3,8-9,15H2,1H3. The summed E-state index contributed by atoms with van der Waals surface area (Å²) in [6.07, 6.45) is 2.33. The van der Waals surface area contributed by atoms with E-state index in [9.17, 15) is 0 Å². The molecule has 1 aliphatic carbocycles. The number of aromatic nitrogens is 3. The molecule has 0 unspecified atom stereocenters. The fourth-order valence-electron chi connectivity index (χ4n) is 1.97. The van der Waals surface area contributed by atoms with E-state index in [1.165, 1.54) is 12.8 Å². The molecule has 1 aromatic heterocycles. The average molecular weight is 306 g/mol. The maximum absolute atomic E-state index is 5.99. The molecule has 1 heterocycles. The molecule has 2 N–H and O–H groups in total. The van der Waals surface area contributed by atoms with Gasteiger partial charge in [-0.25, -0.2) is 4.68 Å². The van der Waals surface area contributed by atoms with Crippen LogP contribution in [-0.4, -0.2) is 34.3 Å². The second-order valence-electron chi connectivity index (χ2n) is 4.86. The van der Waals surface area contributed by atoms with Crippen molar-refractivity contribution in [1.82, 2.24) is 14.9 Å². The zero-order valence-corrected chi connectivity index (χ0v) is 12.7. The SMILES string of the molecule is COc1ccc(OCCSc2nnc(C3CC3)n2N)cc1. The summed E-state index contributed by atoms with van der Waals surface area (Å²) in [7, 11) is 1.64. The van der Waals surface area contributed by atoms with Crippen LogP contribution in [0.4, 0.5) is 0 Å². The molecule has 21 heavy (non-hydrogen) atoms. The first-order valence-corrected chi connectivity index (χ1v) is 7.86. The minimum atomic E-state index is 0.507. The number of hydrogen-bond acceptors (Lipinski definition) is 6. The van der Waals surface area contributed by atoms with E-state index in [0.717, 1.165) is 28.2 Å². The number of ether oxygens (including phenoxy) is 2. The van der Waals surface area contributed by atoms with E-state index in [-0.39, 0.29) is 0 Å². The van der Waals surface area contributed by atoms with Gasteiger partial charge in [-0.15, -0.1) is 10.2 Å². The van der Waals surface area contributed by atoms with Crippen LogP contribution in [0.3, 0.4) is 0 Å². The lowest BCUT2D eigenvalue weighted by Crippen LogP contribution is -2.14. The summed E-state index contributed by atoms with van der Waals surface area (Å²) >= 11 is 1.55. The quantitative estimate of drug-likeness (QED) is 0.479. The highest BCUT2D eigenvalue weighted by Gasteiger charge is 2.29. The second-order valence-corrected chi connectivity index (χ2v) is 5.92. The third kappa shape index (κ3) is 3.41. The number of benzene rings is 1. The van der Waals surface area contributed by atoms with E-state index >= 15 is 0 Å². The number of thioether (sulfide) groups is 1. The number of nitrogens with two attached hydrogens (primary N) is 1. The van der Waals surface area contributed by atoms with Crippen LogP contribution in [0.15, 0.2) is 29.4 Å². The van der Waals surface area contributed by atoms with Crippen molar-refractivity contribution in [3.8, 4) is 11.5 Å². The van der Waals surface area contributed by atoms with Crippen LogP contribution in [0.25, 0.3) is 0 Å². The highest BCUT2D eigenvalue weighted by Crippen LogP contribution is 2.39. The van der Waals surface area contributed by atoms with E-state index in [1.807, 2.05) is 24.3 Å². The molecule has 6 nitrogen and oxygen atoms in total. The minimum absolute atomic E-state index is 0.507. The largest absolute Gasteiger partial charge is 0.497 e. The van der Waals surface area contributed by atoms with Gasteiger partial charge in [0.25, 0.3) is 0 Å². The number of methoxy groups -OCH3 is 1.